The molecule has 0 atom stereocenters. The number of aromatic hydroxyl groups is 1. The number of carbonyl (C=O) groups excluding carboxylic acids is 1. The van der Waals surface area contributed by atoms with Gasteiger partial charge in [0.15, 0.2) is 5.96 Å². The van der Waals surface area contributed by atoms with E-state index in [-0.39, 0.29) is 41.2 Å². The topological polar surface area (TPSA) is 77.0 Å². The number of halogens is 1. The Morgan fingerprint density at radius 3 is 2.58 bits per heavy atom. The van der Waals surface area contributed by atoms with Crippen molar-refractivity contribution in [1.29, 1.82) is 0 Å². The minimum absolute atomic E-state index is 0. The van der Waals surface area contributed by atoms with E-state index in [1.165, 1.54) is 6.07 Å². The number of aliphatic imine (C=N–C) groups is 1. The zero-order valence-electron chi connectivity index (χ0n) is 14.7. The van der Waals surface area contributed by atoms with Gasteiger partial charge in [0.2, 0.25) is 0 Å². The van der Waals surface area contributed by atoms with Gasteiger partial charge in [-0.05, 0) is 25.5 Å². The third-order valence-corrected chi connectivity index (χ3v) is 3.35. The molecule has 24 heavy (non-hydrogen) atoms. The number of carbonyl (C=O) groups is 1. The summed E-state index contributed by atoms with van der Waals surface area (Å²) in [5, 5.41) is 15.7. The lowest BCUT2D eigenvalue weighted by atomic mass is 10.2. The monoisotopic (exact) mass is 448 g/mol. The van der Waals surface area contributed by atoms with Crippen molar-refractivity contribution in [3.63, 3.8) is 0 Å². The highest BCUT2D eigenvalue weighted by Gasteiger charge is 2.09. The number of nitrogens with one attached hydrogen (secondary N) is 2. The molecule has 0 saturated carbocycles. The molecule has 1 aromatic rings. The molecule has 0 radical (unpaired) electrons. The number of hydrogen-bond acceptors (Lipinski definition) is 3. The molecule has 0 heterocycles. The van der Waals surface area contributed by atoms with Crippen LogP contribution in [0.15, 0.2) is 29.3 Å². The average Bonchev–Trinajstić information content (AvgIpc) is 2.55. The maximum absolute atomic E-state index is 12.0. The van der Waals surface area contributed by atoms with E-state index >= 15 is 0 Å². The Kier molecular flexibility index (Phi) is 12.0. The van der Waals surface area contributed by atoms with Crippen LogP contribution < -0.4 is 10.6 Å². The van der Waals surface area contributed by atoms with E-state index in [1.54, 1.807) is 18.2 Å². The molecule has 0 aromatic heterocycles. The number of phenolic OH excluding ortho intramolecular Hbond substituents is 1. The molecular formula is C17H29IN4O2. The van der Waals surface area contributed by atoms with E-state index < -0.39 is 0 Å². The summed E-state index contributed by atoms with van der Waals surface area (Å²) in [4.78, 5) is 18.6. The van der Waals surface area contributed by atoms with E-state index in [2.05, 4.69) is 27.4 Å². The van der Waals surface area contributed by atoms with Crippen LogP contribution in [0.4, 0.5) is 0 Å². The van der Waals surface area contributed by atoms with Gasteiger partial charge in [0.1, 0.15) is 5.75 Å². The van der Waals surface area contributed by atoms with Gasteiger partial charge in [-0.25, -0.2) is 0 Å². The Hall–Kier alpha value is -1.51. The van der Waals surface area contributed by atoms with E-state index in [0.717, 1.165) is 31.9 Å². The Balaban J connectivity index is 0.00000529. The normalized spacial score (nSPS) is 10.7. The smallest absolute Gasteiger partial charge is 0.255 e. The summed E-state index contributed by atoms with van der Waals surface area (Å²) in [6.07, 6.45) is 2.26. The SMILES string of the molecule is CCCCN(C)C(=NCCNC(=O)c1ccccc1O)NCC.I. The van der Waals surface area contributed by atoms with Crippen LogP contribution >= 0.6 is 24.0 Å². The van der Waals surface area contributed by atoms with Crippen molar-refractivity contribution in [2.45, 2.75) is 26.7 Å². The average molecular weight is 448 g/mol. The zero-order chi connectivity index (χ0) is 17.1. The van der Waals surface area contributed by atoms with Crippen molar-refractivity contribution in [3.8, 4) is 5.75 Å². The van der Waals surface area contributed by atoms with Crippen molar-refractivity contribution < 1.29 is 9.90 Å². The summed E-state index contributed by atoms with van der Waals surface area (Å²) in [6.45, 7) is 6.85. The number of guanidine groups is 1. The van der Waals surface area contributed by atoms with E-state index in [9.17, 15) is 9.90 Å². The second kappa shape index (κ2) is 12.9. The largest absolute Gasteiger partial charge is 0.507 e. The van der Waals surface area contributed by atoms with E-state index in [1.807, 2.05) is 14.0 Å². The minimum atomic E-state index is -0.289. The Bertz CT molecular complexity index is 523. The number of unbranched alkanes of at least 4 members (excludes halogenated alkanes) is 1. The highest BCUT2D eigenvalue weighted by molar-refractivity contribution is 14.0. The van der Waals surface area contributed by atoms with Crippen molar-refractivity contribution >= 4 is 35.8 Å². The lowest BCUT2D eigenvalue weighted by Crippen LogP contribution is -2.40. The van der Waals surface area contributed by atoms with Crippen LogP contribution in [0.5, 0.6) is 5.75 Å². The number of amides is 1. The Morgan fingerprint density at radius 2 is 1.96 bits per heavy atom. The number of para-hydroxylation sites is 1. The molecule has 1 aromatic carbocycles. The molecule has 0 aliphatic carbocycles. The van der Waals surface area contributed by atoms with E-state index in [0.29, 0.717) is 13.1 Å². The fraction of sp³-hybridized carbons (Fsp3) is 0.529. The molecule has 6 nitrogen and oxygen atoms in total. The van der Waals surface area contributed by atoms with Crippen LogP contribution in [0.1, 0.15) is 37.0 Å². The van der Waals surface area contributed by atoms with Crippen LogP contribution in [0.2, 0.25) is 0 Å². The molecule has 1 rings (SSSR count). The molecule has 136 valence electrons. The van der Waals surface area contributed by atoms with Gasteiger partial charge >= 0.3 is 0 Å². The molecule has 3 N–H and O–H groups in total. The highest BCUT2D eigenvalue weighted by atomic mass is 127. The number of rotatable bonds is 8. The van der Waals surface area contributed by atoms with Gasteiger partial charge in [-0.2, -0.15) is 0 Å². The summed E-state index contributed by atoms with van der Waals surface area (Å²) in [6, 6.07) is 6.50. The second-order valence-electron chi connectivity index (χ2n) is 5.28. The first-order valence-electron chi connectivity index (χ1n) is 8.15. The van der Waals surface area contributed by atoms with Crippen LogP contribution in [-0.4, -0.2) is 55.1 Å². The quantitative estimate of drug-likeness (QED) is 0.247. The Labute approximate surface area is 161 Å². The predicted molar refractivity (Wildman–Crippen MR) is 109 cm³/mol. The molecule has 0 saturated heterocycles. The van der Waals surface area contributed by atoms with Crippen LogP contribution in [0.25, 0.3) is 0 Å². The summed E-state index contributed by atoms with van der Waals surface area (Å²) in [5.41, 5.74) is 0.281. The van der Waals surface area contributed by atoms with Gasteiger partial charge in [0, 0.05) is 26.7 Å². The molecule has 0 aliphatic heterocycles. The van der Waals surface area contributed by atoms with Crippen LogP contribution in [0, 0.1) is 0 Å². The van der Waals surface area contributed by atoms with Gasteiger partial charge < -0.3 is 20.6 Å². The molecule has 0 fully saturated rings. The third-order valence-electron chi connectivity index (χ3n) is 3.35. The number of hydrogen-bond donors (Lipinski definition) is 3. The first-order chi connectivity index (χ1) is 11.1. The predicted octanol–water partition coefficient (Wildman–Crippen LogP) is 2.44. The fourth-order valence-electron chi connectivity index (χ4n) is 2.06. The first kappa shape index (κ1) is 22.5. The van der Waals surface area contributed by atoms with Gasteiger partial charge in [0.05, 0.1) is 12.1 Å². The standard InChI is InChI=1S/C17H28N4O2.HI/c1-4-6-13-21(3)17(18-5-2)20-12-11-19-16(23)14-9-7-8-10-15(14)22;/h7-10,22H,4-6,11-13H2,1-3H3,(H,18,20)(H,19,23);1H. The van der Waals surface area contributed by atoms with Gasteiger partial charge in [-0.15, -0.1) is 24.0 Å². The Morgan fingerprint density at radius 1 is 1.25 bits per heavy atom. The maximum Gasteiger partial charge on any atom is 0.255 e. The summed E-state index contributed by atoms with van der Waals surface area (Å²) in [5.74, 6) is 0.543. The molecule has 1 amide bonds. The number of phenols is 1. The van der Waals surface area contributed by atoms with Crippen LogP contribution in [0.3, 0.4) is 0 Å². The highest BCUT2D eigenvalue weighted by Crippen LogP contribution is 2.14. The summed E-state index contributed by atoms with van der Waals surface area (Å²) < 4.78 is 0. The van der Waals surface area contributed by atoms with Crippen LogP contribution in [-0.2, 0) is 0 Å². The maximum atomic E-state index is 12.0. The lowest BCUT2D eigenvalue weighted by Gasteiger charge is -2.21. The van der Waals surface area contributed by atoms with Gasteiger partial charge in [-0.1, -0.05) is 25.5 Å². The molecule has 7 heteroatoms. The number of nitrogens with zero attached hydrogens (tertiary/aromatic N) is 2. The lowest BCUT2D eigenvalue weighted by molar-refractivity contribution is 0.0952. The minimum Gasteiger partial charge on any atom is -0.507 e. The first-order valence-corrected chi connectivity index (χ1v) is 8.15. The third kappa shape index (κ3) is 7.85. The molecule has 0 spiro atoms. The zero-order valence-corrected chi connectivity index (χ0v) is 17.0. The van der Waals surface area contributed by atoms with Gasteiger partial charge in [-0.3, -0.25) is 9.79 Å². The van der Waals surface area contributed by atoms with Gasteiger partial charge in [0.25, 0.3) is 5.91 Å². The fourth-order valence-corrected chi connectivity index (χ4v) is 2.06. The summed E-state index contributed by atoms with van der Waals surface area (Å²) >= 11 is 0. The molecule has 0 unspecified atom stereocenters. The molecule has 0 bridgehead atoms. The van der Waals surface area contributed by atoms with Crippen molar-refractivity contribution in [2.24, 2.45) is 4.99 Å². The van der Waals surface area contributed by atoms with E-state index in [4.69, 9.17) is 0 Å². The molecular weight excluding hydrogens is 419 g/mol. The van der Waals surface area contributed by atoms with Crippen molar-refractivity contribution in [1.82, 2.24) is 15.5 Å². The number of benzene rings is 1. The summed E-state index contributed by atoms with van der Waals surface area (Å²) in [7, 11) is 2.01. The van der Waals surface area contributed by atoms with Crippen molar-refractivity contribution in [3.05, 3.63) is 29.8 Å². The second-order valence-corrected chi connectivity index (χ2v) is 5.28. The van der Waals surface area contributed by atoms with Crippen molar-refractivity contribution in [2.75, 3.05) is 33.2 Å². The molecule has 0 aliphatic rings.